The molecule has 33 heavy (non-hydrogen) atoms. The molecule has 0 unspecified atom stereocenters. The van der Waals surface area contributed by atoms with E-state index in [2.05, 4.69) is 20.6 Å². The SMILES string of the molecule is O=C(COC(=O)CCc1nc(-c2cccs2)no1)Nc1cc(C2CC2)nn1-c1ccccc1. The second-order valence-electron chi connectivity index (χ2n) is 7.67. The molecule has 1 aliphatic rings. The number of thiophene rings is 1. The van der Waals surface area contributed by atoms with E-state index in [4.69, 9.17) is 9.26 Å². The molecule has 0 aliphatic heterocycles. The number of carbonyl (C=O) groups is 2. The van der Waals surface area contributed by atoms with Crippen molar-refractivity contribution < 1.29 is 18.8 Å². The number of amides is 1. The highest BCUT2D eigenvalue weighted by molar-refractivity contribution is 7.13. The number of aryl methyl sites for hydroxylation is 1. The first-order chi connectivity index (χ1) is 16.2. The van der Waals surface area contributed by atoms with Crippen LogP contribution in [0.3, 0.4) is 0 Å². The van der Waals surface area contributed by atoms with Gasteiger partial charge >= 0.3 is 5.97 Å². The largest absolute Gasteiger partial charge is 0.456 e. The molecule has 1 aromatic carbocycles. The molecular formula is C23H21N5O4S. The van der Waals surface area contributed by atoms with Crippen molar-refractivity contribution in [3.8, 4) is 16.4 Å². The lowest BCUT2D eigenvalue weighted by Crippen LogP contribution is -2.22. The molecule has 5 rings (SSSR count). The molecule has 168 valence electrons. The lowest BCUT2D eigenvalue weighted by atomic mass is 10.3. The number of nitrogens with one attached hydrogen (secondary N) is 1. The number of aromatic nitrogens is 4. The Hall–Kier alpha value is -3.79. The van der Waals surface area contributed by atoms with Gasteiger partial charge < -0.3 is 14.6 Å². The zero-order valence-corrected chi connectivity index (χ0v) is 18.5. The van der Waals surface area contributed by atoms with Gasteiger partial charge in [0.2, 0.25) is 11.7 Å². The van der Waals surface area contributed by atoms with Crippen molar-refractivity contribution in [3.05, 3.63) is 65.5 Å². The van der Waals surface area contributed by atoms with Gasteiger partial charge in [0, 0.05) is 18.4 Å². The van der Waals surface area contributed by atoms with Crippen molar-refractivity contribution in [2.75, 3.05) is 11.9 Å². The lowest BCUT2D eigenvalue weighted by Gasteiger charge is -2.09. The maximum absolute atomic E-state index is 12.4. The highest BCUT2D eigenvalue weighted by Gasteiger charge is 2.28. The van der Waals surface area contributed by atoms with Crippen LogP contribution in [0.15, 0.2) is 58.4 Å². The Morgan fingerprint density at radius 3 is 2.79 bits per heavy atom. The van der Waals surface area contributed by atoms with Crippen molar-refractivity contribution in [2.24, 2.45) is 0 Å². The zero-order chi connectivity index (χ0) is 22.6. The van der Waals surface area contributed by atoms with E-state index in [9.17, 15) is 9.59 Å². The van der Waals surface area contributed by atoms with Crippen molar-refractivity contribution in [1.29, 1.82) is 0 Å². The number of hydrogen-bond donors (Lipinski definition) is 1. The van der Waals surface area contributed by atoms with E-state index < -0.39 is 11.9 Å². The van der Waals surface area contributed by atoms with E-state index in [0.29, 0.717) is 23.5 Å². The summed E-state index contributed by atoms with van der Waals surface area (Å²) >= 11 is 1.50. The van der Waals surface area contributed by atoms with Gasteiger partial charge in [-0.2, -0.15) is 10.1 Å². The fourth-order valence-electron chi connectivity index (χ4n) is 3.30. The third-order valence-corrected chi connectivity index (χ3v) is 5.97. The normalized spacial score (nSPS) is 13.1. The Balaban J connectivity index is 1.14. The van der Waals surface area contributed by atoms with Crippen molar-refractivity contribution in [1.82, 2.24) is 19.9 Å². The molecule has 0 spiro atoms. The Kier molecular flexibility index (Phi) is 5.99. The summed E-state index contributed by atoms with van der Waals surface area (Å²) in [5.74, 6) is 0.883. The maximum Gasteiger partial charge on any atom is 0.306 e. The van der Waals surface area contributed by atoms with Gasteiger partial charge in [0.1, 0.15) is 5.82 Å². The van der Waals surface area contributed by atoms with Gasteiger partial charge in [0.05, 0.1) is 22.7 Å². The predicted octanol–water partition coefficient (Wildman–Crippen LogP) is 3.98. The Morgan fingerprint density at radius 1 is 1.18 bits per heavy atom. The summed E-state index contributed by atoms with van der Waals surface area (Å²) in [6.07, 6.45) is 2.48. The molecular weight excluding hydrogens is 442 g/mol. The number of esters is 1. The molecule has 3 aromatic heterocycles. The molecule has 0 atom stereocenters. The Bertz CT molecular complexity index is 1250. The molecule has 1 N–H and O–H groups in total. The predicted molar refractivity (Wildman–Crippen MR) is 121 cm³/mol. The summed E-state index contributed by atoms with van der Waals surface area (Å²) < 4.78 is 12.0. The highest BCUT2D eigenvalue weighted by Crippen LogP contribution is 2.40. The van der Waals surface area contributed by atoms with Crippen molar-refractivity contribution >= 4 is 29.0 Å². The van der Waals surface area contributed by atoms with Crippen LogP contribution in [0.1, 0.15) is 36.8 Å². The molecule has 9 nitrogen and oxygen atoms in total. The van der Waals surface area contributed by atoms with Crippen LogP contribution in [-0.2, 0) is 20.7 Å². The Morgan fingerprint density at radius 2 is 2.03 bits per heavy atom. The third kappa shape index (κ3) is 5.17. The van der Waals surface area contributed by atoms with Crippen LogP contribution < -0.4 is 5.32 Å². The zero-order valence-electron chi connectivity index (χ0n) is 17.6. The molecule has 1 fully saturated rings. The van der Waals surface area contributed by atoms with Crippen LogP contribution in [0, 0.1) is 0 Å². The number of nitrogens with zero attached hydrogens (tertiary/aromatic N) is 4. The number of hydrogen-bond acceptors (Lipinski definition) is 8. The van der Waals surface area contributed by atoms with Gasteiger partial charge in [-0.05, 0) is 36.4 Å². The molecule has 3 heterocycles. The van der Waals surface area contributed by atoms with Gasteiger partial charge in [-0.25, -0.2) is 4.68 Å². The number of carbonyl (C=O) groups excluding carboxylic acids is 2. The summed E-state index contributed by atoms with van der Waals surface area (Å²) in [7, 11) is 0. The highest BCUT2D eigenvalue weighted by atomic mass is 32.1. The first-order valence-corrected chi connectivity index (χ1v) is 11.5. The van der Waals surface area contributed by atoms with E-state index in [1.807, 2.05) is 53.9 Å². The van der Waals surface area contributed by atoms with E-state index >= 15 is 0 Å². The summed E-state index contributed by atoms with van der Waals surface area (Å²) in [5.41, 5.74) is 1.80. The summed E-state index contributed by atoms with van der Waals surface area (Å²) in [4.78, 5) is 29.7. The minimum absolute atomic E-state index is 0.0349. The van der Waals surface area contributed by atoms with E-state index in [0.717, 1.165) is 29.1 Å². The van der Waals surface area contributed by atoms with Gasteiger partial charge in [-0.15, -0.1) is 11.3 Å². The molecule has 10 heteroatoms. The molecule has 0 bridgehead atoms. The lowest BCUT2D eigenvalue weighted by molar-refractivity contribution is -0.147. The minimum atomic E-state index is -0.517. The van der Waals surface area contributed by atoms with Crippen LogP contribution in [0.25, 0.3) is 16.4 Å². The van der Waals surface area contributed by atoms with E-state index in [-0.39, 0.29) is 19.4 Å². The van der Waals surface area contributed by atoms with Crippen LogP contribution in [0.2, 0.25) is 0 Å². The molecule has 4 aromatic rings. The second kappa shape index (κ2) is 9.37. The van der Waals surface area contributed by atoms with Gasteiger partial charge in [0.15, 0.2) is 6.61 Å². The van der Waals surface area contributed by atoms with E-state index in [1.165, 1.54) is 11.3 Å². The number of ether oxygens (including phenoxy) is 1. The number of para-hydroxylation sites is 1. The summed E-state index contributed by atoms with van der Waals surface area (Å²) in [6.45, 7) is -0.387. The average Bonchev–Trinajstić information content (AvgIpc) is 3.21. The van der Waals surface area contributed by atoms with Crippen LogP contribution in [0.5, 0.6) is 0 Å². The number of anilines is 1. The average molecular weight is 464 g/mol. The third-order valence-electron chi connectivity index (χ3n) is 5.11. The van der Waals surface area contributed by atoms with Gasteiger partial charge in [0.25, 0.3) is 5.91 Å². The summed E-state index contributed by atoms with van der Waals surface area (Å²) in [5, 5.41) is 13.3. The van der Waals surface area contributed by atoms with Crippen LogP contribution >= 0.6 is 11.3 Å². The molecule has 1 amide bonds. The molecule has 0 radical (unpaired) electrons. The number of benzene rings is 1. The molecule has 1 aliphatic carbocycles. The van der Waals surface area contributed by atoms with Gasteiger partial charge in [-0.3, -0.25) is 9.59 Å². The first kappa shape index (κ1) is 21.1. The Labute approximate surface area is 193 Å². The fourth-order valence-corrected chi connectivity index (χ4v) is 3.95. The smallest absolute Gasteiger partial charge is 0.306 e. The second-order valence-corrected chi connectivity index (χ2v) is 8.62. The van der Waals surface area contributed by atoms with Crippen LogP contribution in [-0.4, -0.2) is 38.4 Å². The molecule has 0 saturated heterocycles. The topological polar surface area (TPSA) is 112 Å². The monoisotopic (exact) mass is 463 g/mol. The van der Waals surface area contributed by atoms with Crippen molar-refractivity contribution in [2.45, 2.75) is 31.6 Å². The van der Waals surface area contributed by atoms with Gasteiger partial charge in [-0.1, -0.05) is 29.4 Å². The quantitative estimate of drug-likeness (QED) is 0.374. The van der Waals surface area contributed by atoms with E-state index in [1.54, 1.807) is 4.68 Å². The number of rotatable bonds is 9. The minimum Gasteiger partial charge on any atom is -0.456 e. The first-order valence-electron chi connectivity index (χ1n) is 10.6. The fraction of sp³-hybridized carbons (Fsp3) is 0.261. The standard InChI is InChI=1S/C23H21N5O4S/c29-20(14-31-22(30)11-10-21-25-23(27-32-21)18-7-4-12-33-18)24-19-13-17(15-8-9-15)26-28(19)16-5-2-1-3-6-16/h1-7,12-13,15H,8-11,14H2,(H,24,29). The molecule has 1 saturated carbocycles. The summed E-state index contributed by atoms with van der Waals surface area (Å²) in [6, 6.07) is 15.2. The van der Waals surface area contributed by atoms with Crippen LogP contribution in [0.4, 0.5) is 5.82 Å². The van der Waals surface area contributed by atoms with Crippen molar-refractivity contribution in [3.63, 3.8) is 0 Å². The maximum atomic E-state index is 12.4.